The van der Waals surface area contributed by atoms with E-state index in [1.54, 1.807) is 24.3 Å². The van der Waals surface area contributed by atoms with Crippen LogP contribution >= 0.6 is 58.8 Å². The summed E-state index contributed by atoms with van der Waals surface area (Å²) in [6.45, 7) is 0.620. The van der Waals surface area contributed by atoms with Gasteiger partial charge in [0.2, 0.25) is 0 Å². The summed E-state index contributed by atoms with van der Waals surface area (Å²) in [7, 11) is 0. The Kier molecular flexibility index (Phi) is 6.25. The van der Waals surface area contributed by atoms with E-state index in [1.807, 2.05) is 48.7 Å². The highest BCUT2D eigenvalue weighted by atomic mass is 35.5. The molecule has 1 fully saturated rings. The van der Waals surface area contributed by atoms with E-state index in [4.69, 9.17) is 47.0 Å². The van der Waals surface area contributed by atoms with Crippen LogP contribution in [0.3, 0.4) is 0 Å². The van der Waals surface area contributed by atoms with E-state index in [1.165, 1.54) is 16.7 Å². The van der Waals surface area contributed by atoms with Crippen molar-refractivity contribution in [3.8, 4) is 0 Å². The Morgan fingerprint density at radius 3 is 2.55 bits per heavy atom. The highest BCUT2D eigenvalue weighted by Gasteiger charge is 2.33. The first kappa shape index (κ1) is 22.5. The van der Waals surface area contributed by atoms with Gasteiger partial charge in [-0.25, -0.2) is 0 Å². The molecule has 1 aromatic heterocycles. The van der Waals surface area contributed by atoms with E-state index in [0.717, 1.165) is 22.0 Å². The zero-order valence-electron chi connectivity index (χ0n) is 17.0. The van der Waals surface area contributed by atoms with E-state index in [-0.39, 0.29) is 5.91 Å². The Morgan fingerprint density at radius 1 is 0.939 bits per heavy atom. The fourth-order valence-corrected chi connectivity index (χ4v) is 5.60. The van der Waals surface area contributed by atoms with Crippen LogP contribution in [-0.2, 0) is 11.3 Å². The van der Waals surface area contributed by atoms with Gasteiger partial charge in [-0.15, -0.1) is 0 Å². The molecule has 0 saturated carbocycles. The van der Waals surface area contributed by atoms with E-state index in [0.29, 0.717) is 36.5 Å². The summed E-state index contributed by atoms with van der Waals surface area (Å²) in [5.41, 5.74) is 3.69. The number of hydrogen-bond donors (Lipinski definition) is 0. The van der Waals surface area contributed by atoms with Crippen molar-refractivity contribution in [1.29, 1.82) is 0 Å². The molecule has 0 bridgehead atoms. The Labute approximate surface area is 215 Å². The van der Waals surface area contributed by atoms with E-state index in [2.05, 4.69) is 10.6 Å². The largest absolute Gasteiger partial charge is 0.342 e. The average Bonchev–Trinajstić information content (AvgIpc) is 3.27. The van der Waals surface area contributed by atoms with Crippen molar-refractivity contribution in [2.24, 2.45) is 0 Å². The Hall–Kier alpha value is -2.28. The first-order valence-corrected chi connectivity index (χ1v) is 12.3. The Bertz CT molecular complexity index is 1460. The van der Waals surface area contributed by atoms with Gasteiger partial charge in [0.15, 0.2) is 4.32 Å². The Balaban J connectivity index is 1.52. The number of amides is 1. The molecule has 3 nitrogen and oxygen atoms in total. The van der Waals surface area contributed by atoms with Gasteiger partial charge in [-0.3, -0.25) is 9.69 Å². The highest BCUT2D eigenvalue weighted by Crippen LogP contribution is 2.38. The van der Waals surface area contributed by atoms with Crippen LogP contribution in [0.2, 0.25) is 15.1 Å². The van der Waals surface area contributed by atoms with Crippen molar-refractivity contribution in [3.05, 3.63) is 104 Å². The molecule has 1 aliphatic heterocycles. The summed E-state index contributed by atoms with van der Waals surface area (Å²) in [4.78, 5) is 15.3. The van der Waals surface area contributed by atoms with Crippen molar-refractivity contribution in [3.63, 3.8) is 0 Å². The highest BCUT2D eigenvalue weighted by molar-refractivity contribution is 8.27. The molecule has 0 radical (unpaired) electrons. The molecule has 8 heteroatoms. The number of halogens is 3. The molecule has 164 valence electrons. The van der Waals surface area contributed by atoms with Crippen LogP contribution < -0.4 is 4.90 Å². The standard InChI is InChI=1S/C25H15Cl3N2OS2/c26-17-4-3-5-18(12-17)30-24(31)23(33-25(30)32)11-16-14-29(22-7-2-1-6-19(16)22)13-15-8-9-20(27)21(28)10-15/h1-12,14H,13H2. The summed E-state index contributed by atoms with van der Waals surface area (Å²) in [6.07, 6.45) is 3.94. The van der Waals surface area contributed by atoms with Crippen molar-refractivity contribution < 1.29 is 4.79 Å². The summed E-state index contributed by atoms with van der Waals surface area (Å²) in [5, 5.41) is 2.65. The molecule has 1 aliphatic rings. The van der Waals surface area contributed by atoms with Gasteiger partial charge in [-0.05, 0) is 48.0 Å². The van der Waals surface area contributed by atoms with Crippen LogP contribution in [-0.4, -0.2) is 14.8 Å². The molecule has 2 heterocycles. The number of thiocarbonyl (C=S) groups is 1. The van der Waals surface area contributed by atoms with Crippen LogP contribution in [0, 0.1) is 0 Å². The number of para-hydroxylation sites is 1. The maximum atomic E-state index is 13.2. The van der Waals surface area contributed by atoms with Gasteiger partial charge < -0.3 is 4.57 Å². The third-order valence-corrected chi connectivity index (χ3v) is 7.58. The predicted octanol–water partition coefficient (Wildman–Crippen LogP) is 8.06. The van der Waals surface area contributed by atoms with Crippen molar-refractivity contribution in [2.75, 3.05) is 4.90 Å². The van der Waals surface area contributed by atoms with Crippen LogP contribution in [0.1, 0.15) is 11.1 Å². The molecule has 0 atom stereocenters. The van der Waals surface area contributed by atoms with E-state index < -0.39 is 0 Å². The number of hydrogen-bond acceptors (Lipinski definition) is 3. The second kappa shape index (κ2) is 9.16. The lowest BCUT2D eigenvalue weighted by Gasteiger charge is -2.14. The minimum atomic E-state index is -0.159. The zero-order valence-corrected chi connectivity index (χ0v) is 20.9. The lowest BCUT2D eigenvalue weighted by Crippen LogP contribution is -2.27. The monoisotopic (exact) mass is 528 g/mol. The molecule has 3 aromatic carbocycles. The fourth-order valence-electron chi connectivity index (χ4n) is 3.80. The second-order valence-corrected chi connectivity index (χ2v) is 10.4. The molecule has 1 saturated heterocycles. The van der Waals surface area contributed by atoms with Crippen molar-refractivity contribution in [1.82, 2.24) is 4.57 Å². The number of benzene rings is 3. The zero-order chi connectivity index (χ0) is 23.1. The molecular formula is C25H15Cl3N2OS2. The lowest BCUT2D eigenvalue weighted by atomic mass is 10.1. The van der Waals surface area contributed by atoms with Crippen molar-refractivity contribution in [2.45, 2.75) is 6.54 Å². The fraction of sp³-hybridized carbons (Fsp3) is 0.0400. The molecule has 4 aromatic rings. The van der Waals surface area contributed by atoms with Gasteiger partial charge in [0.25, 0.3) is 5.91 Å². The minimum absolute atomic E-state index is 0.159. The number of thioether (sulfide) groups is 1. The lowest BCUT2D eigenvalue weighted by molar-refractivity contribution is -0.113. The minimum Gasteiger partial charge on any atom is -0.342 e. The maximum Gasteiger partial charge on any atom is 0.270 e. The number of carbonyl (C=O) groups excluding carboxylic acids is 1. The van der Waals surface area contributed by atoms with E-state index in [9.17, 15) is 4.79 Å². The average molecular weight is 530 g/mol. The Morgan fingerprint density at radius 2 is 1.76 bits per heavy atom. The van der Waals surface area contributed by atoms with E-state index >= 15 is 0 Å². The number of nitrogens with zero attached hydrogens (tertiary/aromatic N) is 2. The van der Waals surface area contributed by atoms with Crippen LogP contribution in [0.5, 0.6) is 0 Å². The van der Waals surface area contributed by atoms with Crippen molar-refractivity contribution >= 4 is 91.7 Å². The quantitative estimate of drug-likeness (QED) is 0.197. The number of fused-ring (bicyclic) bond motifs is 1. The molecular weight excluding hydrogens is 515 g/mol. The maximum absolute atomic E-state index is 13.2. The molecule has 0 N–H and O–H groups in total. The second-order valence-electron chi connectivity index (χ2n) is 7.47. The summed E-state index contributed by atoms with van der Waals surface area (Å²) < 4.78 is 2.62. The predicted molar refractivity (Wildman–Crippen MR) is 145 cm³/mol. The van der Waals surface area contributed by atoms with Crippen LogP contribution in [0.25, 0.3) is 17.0 Å². The number of aromatic nitrogens is 1. The number of carbonyl (C=O) groups is 1. The SMILES string of the molecule is O=C1C(=Cc2cn(Cc3ccc(Cl)c(Cl)c3)c3ccccc23)SC(=S)N1c1cccc(Cl)c1. The topological polar surface area (TPSA) is 25.2 Å². The van der Waals surface area contributed by atoms with Gasteiger partial charge in [0, 0.05) is 34.2 Å². The summed E-state index contributed by atoms with van der Waals surface area (Å²) >= 11 is 25.2. The first-order valence-electron chi connectivity index (χ1n) is 9.96. The molecule has 0 unspecified atom stereocenters. The summed E-state index contributed by atoms with van der Waals surface area (Å²) in [5.74, 6) is -0.159. The molecule has 33 heavy (non-hydrogen) atoms. The van der Waals surface area contributed by atoms with Crippen LogP contribution in [0.4, 0.5) is 5.69 Å². The summed E-state index contributed by atoms with van der Waals surface area (Å²) in [6, 6.07) is 20.8. The molecule has 5 rings (SSSR count). The van der Waals surface area contributed by atoms with Gasteiger partial charge >= 0.3 is 0 Å². The third kappa shape index (κ3) is 4.44. The third-order valence-electron chi connectivity index (χ3n) is 5.30. The molecule has 0 aliphatic carbocycles. The van der Waals surface area contributed by atoms with Gasteiger partial charge in [0.1, 0.15) is 0 Å². The smallest absolute Gasteiger partial charge is 0.270 e. The van der Waals surface area contributed by atoms with Gasteiger partial charge in [-0.1, -0.05) is 89.1 Å². The molecule has 0 spiro atoms. The normalized spacial score (nSPS) is 15.2. The number of anilines is 1. The molecule has 1 amide bonds. The van der Waals surface area contributed by atoms with Crippen LogP contribution in [0.15, 0.2) is 77.8 Å². The number of rotatable bonds is 4. The van der Waals surface area contributed by atoms with Gasteiger partial charge in [-0.2, -0.15) is 0 Å². The van der Waals surface area contributed by atoms with Gasteiger partial charge in [0.05, 0.1) is 20.6 Å². The first-order chi connectivity index (χ1) is 15.9.